The zero-order valence-corrected chi connectivity index (χ0v) is 10.9. The van der Waals surface area contributed by atoms with E-state index >= 15 is 0 Å². The van der Waals surface area contributed by atoms with Crippen LogP contribution in [0.5, 0.6) is 5.75 Å². The van der Waals surface area contributed by atoms with Gasteiger partial charge in [0.1, 0.15) is 5.75 Å². The molecule has 16 heavy (non-hydrogen) atoms. The molecule has 2 rings (SSSR count). The quantitative estimate of drug-likeness (QED) is 0.711. The first-order valence-electron chi connectivity index (χ1n) is 4.64. The zero-order valence-electron chi connectivity index (χ0n) is 8.29. The molecule has 0 unspecified atom stereocenters. The number of benzene rings is 2. The van der Waals surface area contributed by atoms with Crippen molar-refractivity contribution in [1.29, 1.82) is 0 Å². The van der Waals surface area contributed by atoms with Crippen LogP contribution in [0, 0.1) is 0 Å². The van der Waals surface area contributed by atoms with Gasteiger partial charge in [0.15, 0.2) is 0 Å². The van der Waals surface area contributed by atoms with Crippen molar-refractivity contribution in [3.05, 3.63) is 42.5 Å². The van der Waals surface area contributed by atoms with E-state index in [1.165, 1.54) is 11.8 Å². The molecular formula is C12H10OS3. The van der Waals surface area contributed by atoms with Gasteiger partial charge in [0, 0.05) is 14.7 Å². The van der Waals surface area contributed by atoms with Crippen LogP contribution in [0.15, 0.2) is 62.0 Å². The van der Waals surface area contributed by atoms with Crippen LogP contribution in [0.2, 0.25) is 0 Å². The summed E-state index contributed by atoms with van der Waals surface area (Å²) in [6, 6.07) is 13.2. The van der Waals surface area contributed by atoms with Gasteiger partial charge in [0.25, 0.3) is 0 Å². The monoisotopic (exact) mass is 266 g/mol. The zero-order chi connectivity index (χ0) is 11.5. The molecule has 0 heterocycles. The van der Waals surface area contributed by atoms with Crippen molar-refractivity contribution in [3.8, 4) is 5.75 Å². The molecule has 0 aliphatic heterocycles. The lowest BCUT2D eigenvalue weighted by atomic mass is 10.3. The summed E-state index contributed by atoms with van der Waals surface area (Å²) < 4.78 is 0. The molecule has 0 spiro atoms. The molecule has 1 N–H and O–H groups in total. The highest BCUT2D eigenvalue weighted by Crippen LogP contribution is 2.35. The van der Waals surface area contributed by atoms with Crippen LogP contribution in [0.25, 0.3) is 0 Å². The van der Waals surface area contributed by atoms with Crippen LogP contribution >= 0.6 is 37.0 Å². The average molecular weight is 266 g/mol. The Morgan fingerprint density at radius 3 is 2.12 bits per heavy atom. The van der Waals surface area contributed by atoms with Gasteiger partial charge in [-0.3, -0.25) is 0 Å². The Morgan fingerprint density at radius 1 is 0.875 bits per heavy atom. The van der Waals surface area contributed by atoms with Gasteiger partial charge in [-0.2, -0.15) is 0 Å². The summed E-state index contributed by atoms with van der Waals surface area (Å²) in [7, 11) is 0. The van der Waals surface area contributed by atoms with Crippen LogP contribution < -0.4 is 0 Å². The fraction of sp³-hybridized carbons (Fsp3) is 0. The Hall–Kier alpha value is -0.710. The largest absolute Gasteiger partial charge is 0.507 e. The number of rotatable bonds is 2. The molecule has 2 aromatic carbocycles. The molecule has 2 aromatic rings. The predicted octanol–water partition coefficient (Wildman–Crippen LogP) is 4.12. The van der Waals surface area contributed by atoms with Crippen molar-refractivity contribution in [2.75, 3.05) is 0 Å². The highest BCUT2D eigenvalue weighted by molar-refractivity contribution is 7.99. The van der Waals surface area contributed by atoms with Crippen molar-refractivity contribution in [1.82, 2.24) is 0 Å². The van der Waals surface area contributed by atoms with Crippen molar-refractivity contribution in [3.63, 3.8) is 0 Å². The summed E-state index contributed by atoms with van der Waals surface area (Å²) in [6.45, 7) is 0. The summed E-state index contributed by atoms with van der Waals surface area (Å²) in [5.74, 6) is 0.257. The summed E-state index contributed by atoms with van der Waals surface area (Å²) in [5.41, 5.74) is 0. The predicted molar refractivity (Wildman–Crippen MR) is 73.2 cm³/mol. The summed E-state index contributed by atoms with van der Waals surface area (Å²) >= 11 is 9.90. The van der Waals surface area contributed by atoms with E-state index in [1.807, 2.05) is 36.4 Å². The third-order valence-corrected chi connectivity index (χ3v) is 3.66. The molecule has 0 amide bonds. The van der Waals surface area contributed by atoms with E-state index in [0.717, 1.165) is 19.6 Å². The fourth-order valence-electron chi connectivity index (χ4n) is 1.23. The first-order valence-corrected chi connectivity index (χ1v) is 6.35. The maximum atomic E-state index is 9.72. The lowest BCUT2D eigenvalue weighted by Crippen LogP contribution is -1.76. The van der Waals surface area contributed by atoms with Gasteiger partial charge in [-0.15, -0.1) is 25.3 Å². The number of phenolic OH excluding ortho intramolecular Hbond substituents is 1. The SMILES string of the molecule is Oc1cc(S)ccc1Sc1ccc(S)cc1. The van der Waals surface area contributed by atoms with Crippen LogP contribution in [0.4, 0.5) is 0 Å². The highest BCUT2D eigenvalue weighted by Gasteiger charge is 2.03. The van der Waals surface area contributed by atoms with Crippen molar-refractivity contribution in [2.24, 2.45) is 0 Å². The van der Waals surface area contributed by atoms with Gasteiger partial charge in [0.05, 0.1) is 4.90 Å². The standard InChI is InChI=1S/C12H10OS3/c13-11-7-9(15)3-6-12(11)16-10-4-1-8(14)2-5-10/h1-7,13-15H. The summed E-state index contributed by atoms with van der Waals surface area (Å²) in [4.78, 5) is 3.58. The van der Waals surface area contributed by atoms with E-state index in [0.29, 0.717) is 0 Å². The molecule has 0 radical (unpaired) electrons. The summed E-state index contributed by atoms with van der Waals surface area (Å²) in [6.07, 6.45) is 0. The van der Waals surface area contributed by atoms with E-state index in [1.54, 1.807) is 6.07 Å². The van der Waals surface area contributed by atoms with E-state index in [-0.39, 0.29) is 5.75 Å². The Balaban J connectivity index is 2.23. The number of phenols is 1. The van der Waals surface area contributed by atoms with Crippen LogP contribution in [0.3, 0.4) is 0 Å². The van der Waals surface area contributed by atoms with E-state index in [9.17, 15) is 5.11 Å². The average Bonchev–Trinajstić information content (AvgIpc) is 2.25. The molecule has 82 valence electrons. The van der Waals surface area contributed by atoms with Crippen molar-refractivity contribution < 1.29 is 5.11 Å². The maximum absolute atomic E-state index is 9.72. The molecule has 0 aromatic heterocycles. The molecule has 0 aliphatic rings. The van der Waals surface area contributed by atoms with Crippen molar-refractivity contribution >= 4 is 37.0 Å². The highest BCUT2D eigenvalue weighted by atomic mass is 32.2. The number of aromatic hydroxyl groups is 1. The third-order valence-electron chi connectivity index (χ3n) is 2.01. The van der Waals surface area contributed by atoms with Gasteiger partial charge < -0.3 is 5.11 Å². The minimum Gasteiger partial charge on any atom is -0.507 e. The van der Waals surface area contributed by atoms with Gasteiger partial charge in [-0.25, -0.2) is 0 Å². The second-order valence-corrected chi connectivity index (χ2v) is 5.40. The molecule has 0 saturated carbocycles. The Kier molecular flexibility index (Phi) is 3.74. The minimum atomic E-state index is 0.257. The van der Waals surface area contributed by atoms with Gasteiger partial charge in [-0.1, -0.05) is 11.8 Å². The van der Waals surface area contributed by atoms with Gasteiger partial charge in [-0.05, 0) is 42.5 Å². The molecule has 0 fully saturated rings. The Morgan fingerprint density at radius 2 is 1.50 bits per heavy atom. The number of hydrogen-bond acceptors (Lipinski definition) is 4. The van der Waals surface area contributed by atoms with E-state index in [2.05, 4.69) is 25.3 Å². The Bertz CT molecular complexity index is 494. The van der Waals surface area contributed by atoms with Gasteiger partial charge in [0.2, 0.25) is 0 Å². The second-order valence-electron chi connectivity index (χ2n) is 3.25. The molecule has 0 atom stereocenters. The smallest absolute Gasteiger partial charge is 0.130 e. The molecule has 1 nitrogen and oxygen atoms in total. The molecule has 0 saturated heterocycles. The Labute approximate surface area is 110 Å². The van der Waals surface area contributed by atoms with E-state index in [4.69, 9.17) is 0 Å². The fourth-order valence-corrected chi connectivity index (χ4v) is 2.40. The van der Waals surface area contributed by atoms with Crippen LogP contribution in [-0.4, -0.2) is 5.11 Å². The van der Waals surface area contributed by atoms with E-state index < -0.39 is 0 Å². The minimum absolute atomic E-state index is 0.257. The van der Waals surface area contributed by atoms with Gasteiger partial charge >= 0.3 is 0 Å². The molecule has 4 heteroatoms. The first-order chi connectivity index (χ1) is 7.65. The molecule has 0 aliphatic carbocycles. The lowest BCUT2D eigenvalue weighted by molar-refractivity contribution is 0.461. The second kappa shape index (κ2) is 5.08. The molecular weight excluding hydrogens is 256 g/mol. The summed E-state index contributed by atoms with van der Waals surface area (Å²) in [5, 5.41) is 9.72. The van der Waals surface area contributed by atoms with Crippen LogP contribution in [0.1, 0.15) is 0 Å². The first kappa shape index (κ1) is 11.8. The number of hydrogen-bond donors (Lipinski definition) is 3. The third kappa shape index (κ3) is 2.90. The van der Waals surface area contributed by atoms with Crippen LogP contribution in [-0.2, 0) is 0 Å². The normalized spacial score (nSPS) is 10.4. The maximum Gasteiger partial charge on any atom is 0.130 e. The molecule has 0 bridgehead atoms. The lowest BCUT2D eigenvalue weighted by Gasteiger charge is -2.05. The topological polar surface area (TPSA) is 20.2 Å². The van der Waals surface area contributed by atoms with Crippen molar-refractivity contribution in [2.45, 2.75) is 19.6 Å². The number of thiol groups is 2.